The van der Waals surface area contributed by atoms with Crippen LogP contribution in [0.4, 0.5) is 0 Å². The molecule has 0 saturated carbocycles. The first-order valence-electron chi connectivity index (χ1n) is 5.65. The first-order chi connectivity index (χ1) is 8.10. The van der Waals surface area contributed by atoms with Gasteiger partial charge in [0.1, 0.15) is 11.2 Å². The molecule has 0 spiro atoms. The molecule has 0 amide bonds. The van der Waals surface area contributed by atoms with Crippen molar-refractivity contribution >= 4 is 5.97 Å². The number of rotatable bonds is 4. The molecular weight excluding hydrogens is 220 g/mol. The van der Waals surface area contributed by atoms with Crippen LogP contribution in [0.2, 0.25) is 0 Å². The molecule has 4 heteroatoms. The van der Waals surface area contributed by atoms with Crippen molar-refractivity contribution in [3.05, 3.63) is 29.3 Å². The third-order valence-corrected chi connectivity index (χ3v) is 3.13. The molecule has 2 rings (SSSR count). The smallest absolute Gasteiger partial charge is 0.318 e. The molecule has 0 radical (unpaired) electrons. The highest BCUT2D eigenvalue weighted by Crippen LogP contribution is 2.35. The Morgan fingerprint density at radius 1 is 1.53 bits per heavy atom. The number of ether oxygens (including phenoxy) is 2. The number of aryl methyl sites for hydroxylation is 1. The summed E-state index contributed by atoms with van der Waals surface area (Å²) in [5.74, 6) is -0.0238. The van der Waals surface area contributed by atoms with E-state index < -0.39 is 11.4 Å². The minimum atomic E-state index is -0.866. The number of hydrogen-bond acceptors (Lipinski definition) is 3. The highest BCUT2D eigenvalue weighted by atomic mass is 16.5. The average Bonchev–Trinajstić information content (AvgIpc) is 2.20. The maximum absolute atomic E-state index is 11.3. The Bertz CT molecular complexity index is 435. The Kier molecular flexibility index (Phi) is 3.07. The number of hydrogen-bond donors (Lipinski definition) is 1. The van der Waals surface area contributed by atoms with Crippen LogP contribution in [0, 0.1) is 6.92 Å². The Balaban J connectivity index is 2.34. The summed E-state index contributed by atoms with van der Waals surface area (Å²) in [4.78, 5) is 11.3. The number of carboxylic acids is 1. The van der Waals surface area contributed by atoms with Crippen LogP contribution in [0.3, 0.4) is 0 Å². The van der Waals surface area contributed by atoms with Crippen LogP contribution in [0.1, 0.15) is 18.1 Å². The zero-order valence-electron chi connectivity index (χ0n) is 10.0. The maximum atomic E-state index is 11.3. The molecule has 1 aliphatic heterocycles. The van der Waals surface area contributed by atoms with E-state index in [4.69, 9.17) is 9.47 Å². The summed E-state index contributed by atoms with van der Waals surface area (Å²) in [6.45, 7) is 4.94. The molecule has 92 valence electrons. The van der Waals surface area contributed by atoms with Crippen LogP contribution in [-0.2, 0) is 14.9 Å². The molecule has 1 aromatic carbocycles. The van der Waals surface area contributed by atoms with Crippen LogP contribution in [-0.4, -0.2) is 30.9 Å². The molecule has 1 fully saturated rings. The minimum absolute atomic E-state index is 0.246. The van der Waals surface area contributed by atoms with E-state index >= 15 is 0 Å². The molecular formula is C13H16O4. The molecule has 17 heavy (non-hydrogen) atoms. The van der Waals surface area contributed by atoms with Crippen LogP contribution < -0.4 is 4.74 Å². The predicted octanol–water partition coefficient (Wildman–Crippen LogP) is 1.75. The van der Waals surface area contributed by atoms with Crippen LogP contribution in [0.25, 0.3) is 0 Å². The van der Waals surface area contributed by atoms with Gasteiger partial charge in [-0.15, -0.1) is 0 Å². The maximum Gasteiger partial charge on any atom is 0.318 e. The summed E-state index contributed by atoms with van der Waals surface area (Å²) in [6, 6.07) is 5.52. The van der Waals surface area contributed by atoms with Crippen molar-refractivity contribution in [3.63, 3.8) is 0 Å². The fourth-order valence-electron chi connectivity index (χ4n) is 1.98. The lowest BCUT2D eigenvalue weighted by molar-refractivity contribution is -0.163. The van der Waals surface area contributed by atoms with Gasteiger partial charge in [-0.2, -0.15) is 0 Å². The van der Waals surface area contributed by atoms with E-state index in [2.05, 4.69) is 0 Å². The van der Waals surface area contributed by atoms with Crippen molar-refractivity contribution in [1.82, 2.24) is 0 Å². The molecule has 0 atom stereocenters. The summed E-state index contributed by atoms with van der Waals surface area (Å²) < 4.78 is 10.5. The number of carboxylic acid groups (broad SMARTS) is 1. The molecule has 1 aromatic rings. The van der Waals surface area contributed by atoms with Gasteiger partial charge in [0.15, 0.2) is 0 Å². The first-order valence-corrected chi connectivity index (χ1v) is 5.65. The summed E-state index contributed by atoms with van der Waals surface area (Å²) in [5, 5.41) is 9.29. The lowest BCUT2D eigenvalue weighted by Gasteiger charge is -2.38. The second-order valence-corrected chi connectivity index (χ2v) is 4.29. The molecule has 0 unspecified atom stereocenters. The zero-order chi connectivity index (χ0) is 12.5. The molecule has 1 aliphatic rings. The fourth-order valence-corrected chi connectivity index (χ4v) is 1.98. The first kappa shape index (κ1) is 11.9. The molecule has 0 bridgehead atoms. The Morgan fingerprint density at radius 2 is 2.24 bits per heavy atom. The van der Waals surface area contributed by atoms with Gasteiger partial charge in [0.05, 0.1) is 19.8 Å². The van der Waals surface area contributed by atoms with Crippen molar-refractivity contribution < 1.29 is 19.4 Å². The lowest BCUT2D eigenvalue weighted by Crippen LogP contribution is -2.53. The predicted molar refractivity (Wildman–Crippen MR) is 62.5 cm³/mol. The third-order valence-electron chi connectivity index (χ3n) is 3.13. The van der Waals surface area contributed by atoms with E-state index in [9.17, 15) is 9.90 Å². The van der Waals surface area contributed by atoms with Gasteiger partial charge in [0.25, 0.3) is 0 Å². The normalized spacial score (nSPS) is 17.3. The largest absolute Gasteiger partial charge is 0.494 e. The highest BCUT2D eigenvalue weighted by molar-refractivity contribution is 5.83. The highest BCUT2D eigenvalue weighted by Gasteiger charge is 2.47. The number of aliphatic carboxylic acids is 1. The van der Waals surface area contributed by atoms with Crippen molar-refractivity contribution in [1.29, 1.82) is 0 Å². The van der Waals surface area contributed by atoms with E-state index in [1.807, 2.05) is 32.0 Å². The number of benzene rings is 1. The second kappa shape index (κ2) is 4.37. The van der Waals surface area contributed by atoms with Gasteiger partial charge in [-0.1, -0.05) is 12.1 Å². The quantitative estimate of drug-likeness (QED) is 0.865. The minimum Gasteiger partial charge on any atom is -0.494 e. The van der Waals surface area contributed by atoms with Crippen molar-refractivity contribution in [3.8, 4) is 5.75 Å². The summed E-state index contributed by atoms with van der Waals surface area (Å²) >= 11 is 0. The molecule has 0 aliphatic carbocycles. The summed E-state index contributed by atoms with van der Waals surface area (Å²) in [6.07, 6.45) is 0. The van der Waals surface area contributed by atoms with Gasteiger partial charge in [-0.25, -0.2) is 0 Å². The monoisotopic (exact) mass is 236 g/mol. The van der Waals surface area contributed by atoms with Gasteiger partial charge in [0.2, 0.25) is 0 Å². The Labute approximate surface area is 100 Å². The topological polar surface area (TPSA) is 55.8 Å². The van der Waals surface area contributed by atoms with Crippen molar-refractivity contribution in [2.24, 2.45) is 0 Å². The van der Waals surface area contributed by atoms with E-state index in [-0.39, 0.29) is 13.2 Å². The van der Waals surface area contributed by atoms with E-state index in [1.54, 1.807) is 0 Å². The van der Waals surface area contributed by atoms with E-state index in [0.717, 1.165) is 16.9 Å². The standard InChI is InChI=1S/C13H16O4/c1-3-17-11-5-4-10(6-9(11)2)13(12(14)15)7-16-8-13/h4-6H,3,7-8H2,1-2H3,(H,14,15). The van der Waals surface area contributed by atoms with Crippen LogP contribution >= 0.6 is 0 Å². The summed E-state index contributed by atoms with van der Waals surface area (Å²) in [7, 11) is 0. The van der Waals surface area contributed by atoms with Gasteiger partial charge in [-0.05, 0) is 31.0 Å². The van der Waals surface area contributed by atoms with Gasteiger partial charge >= 0.3 is 5.97 Å². The number of carbonyl (C=O) groups is 1. The molecule has 1 heterocycles. The summed E-state index contributed by atoms with van der Waals surface area (Å²) in [5.41, 5.74) is 0.879. The molecule has 4 nitrogen and oxygen atoms in total. The van der Waals surface area contributed by atoms with E-state index in [0.29, 0.717) is 6.61 Å². The van der Waals surface area contributed by atoms with Gasteiger partial charge in [0, 0.05) is 0 Å². The Morgan fingerprint density at radius 3 is 2.65 bits per heavy atom. The fraction of sp³-hybridized carbons (Fsp3) is 0.462. The van der Waals surface area contributed by atoms with Gasteiger partial charge < -0.3 is 14.6 Å². The van der Waals surface area contributed by atoms with Crippen LogP contribution in [0.15, 0.2) is 18.2 Å². The Hall–Kier alpha value is -1.55. The van der Waals surface area contributed by atoms with E-state index in [1.165, 1.54) is 0 Å². The third kappa shape index (κ3) is 1.89. The second-order valence-electron chi connectivity index (χ2n) is 4.29. The van der Waals surface area contributed by atoms with Crippen LogP contribution in [0.5, 0.6) is 5.75 Å². The average molecular weight is 236 g/mol. The molecule has 0 aromatic heterocycles. The van der Waals surface area contributed by atoms with Crippen molar-refractivity contribution in [2.75, 3.05) is 19.8 Å². The zero-order valence-corrected chi connectivity index (χ0v) is 10.0. The SMILES string of the molecule is CCOc1ccc(C2(C(=O)O)COC2)cc1C. The van der Waals surface area contributed by atoms with Gasteiger partial charge in [-0.3, -0.25) is 4.79 Å². The molecule has 1 N–H and O–H groups in total. The molecule has 1 saturated heterocycles. The van der Waals surface area contributed by atoms with Crippen molar-refractivity contribution in [2.45, 2.75) is 19.3 Å². The lowest BCUT2D eigenvalue weighted by atomic mass is 9.78.